The van der Waals surface area contributed by atoms with Gasteiger partial charge >= 0.3 is 0 Å². The number of fused-ring (bicyclic) bond motifs is 1. The molecule has 30 heavy (non-hydrogen) atoms. The molecule has 4 rings (SSSR count). The summed E-state index contributed by atoms with van der Waals surface area (Å²) < 4.78 is 7.46. The van der Waals surface area contributed by atoms with E-state index in [1.54, 1.807) is 21.0 Å². The maximum atomic E-state index is 10.3. The van der Waals surface area contributed by atoms with Crippen LogP contribution in [0.3, 0.4) is 0 Å². The van der Waals surface area contributed by atoms with Crippen molar-refractivity contribution in [3.63, 3.8) is 0 Å². The number of methoxy groups -OCH3 is 1. The molecule has 0 aliphatic heterocycles. The van der Waals surface area contributed by atoms with Gasteiger partial charge in [0.2, 0.25) is 4.96 Å². The van der Waals surface area contributed by atoms with Crippen LogP contribution in [0.4, 0.5) is 0 Å². The Labute approximate surface area is 185 Å². The molecule has 2 aromatic heterocycles. The van der Waals surface area contributed by atoms with Gasteiger partial charge in [0.05, 0.1) is 29.0 Å². The van der Waals surface area contributed by atoms with E-state index in [1.165, 1.54) is 11.3 Å². The van der Waals surface area contributed by atoms with Gasteiger partial charge in [0.25, 0.3) is 0 Å². The lowest BCUT2D eigenvalue weighted by Gasteiger charge is -2.32. The number of imidazole rings is 1. The van der Waals surface area contributed by atoms with Crippen molar-refractivity contribution in [2.24, 2.45) is 0 Å². The molecular weight excluding hydrogens is 418 g/mol. The van der Waals surface area contributed by atoms with Crippen LogP contribution in [-0.2, 0) is 5.60 Å². The second-order valence-corrected chi connectivity index (χ2v) is 11.2. The molecule has 6 nitrogen and oxygen atoms in total. The Bertz CT molecular complexity index is 1060. The fourth-order valence-corrected chi connectivity index (χ4v) is 6.09. The first-order chi connectivity index (χ1) is 14.1. The molecule has 1 aliphatic carbocycles. The molecule has 0 unspecified atom stereocenters. The largest absolute Gasteiger partial charge is 0.496 e. The van der Waals surface area contributed by atoms with Crippen molar-refractivity contribution in [3.8, 4) is 17.0 Å². The van der Waals surface area contributed by atoms with Crippen LogP contribution in [0.5, 0.6) is 5.75 Å². The van der Waals surface area contributed by atoms with Gasteiger partial charge in [-0.05, 0) is 71.6 Å². The highest BCUT2D eigenvalue weighted by molar-refractivity contribution is 8.00. The second kappa shape index (κ2) is 7.82. The van der Waals surface area contributed by atoms with Gasteiger partial charge in [-0.25, -0.2) is 9.50 Å². The Balaban J connectivity index is 1.69. The van der Waals surface area contributed by atoms with Crippen LogP contribution in [-0.4, -0.2) is 42.8 Å². The Kier molecular flexibility index (Phi) is 5.63. The lowest BCUT2D eigenvalue weighted by Crippen LogP contribution is -2.31. The quantitative estimate of drug-likeness (QED) is 0.585. The Morgan fingerprint density at radius 2 is 2.00 bits per heavy atom. The van der Waals surface area contributed by atoms with E-state index >= 15 is 0 Å². The van der Waals surface area contributed by atoms with Crippen molar-refractivity contribution in [2.45, 2.75) is 74.7 Å². The van der Waals surface area contributed by atoms with E-state index < -0.39 is 11.2 Å². The lowest BCUT2D eigenvalue weighted by molar-refractivity contribution is 0.0240. The van der Waals surface area contributed by atoms with Gasteiger partial charge in [0, 0.05) is 10.8 Å². The van der Waals surface area contributed by atoms with Crippen LogP contribution in [0.25, 0.3) is 16.2 Å². The van der Waals surface area contributed by atoms with Crippen molar-refractivity contribution < 1.29 is 14.9 Å². The summed E-state index contributed by atoms with van der Waals surface area (Å²) in [5, 5.41) is 26.3. The molecule has 1 aliphatic rings. The molecule has 2 N–H and O–H groups in total. The highest BCUT2D eigenvalue weighted by Crippen LogP contribution is 2.42. The predicted octanol–water partition coefficient (Wildman–Crippen LogP) is 4.79. The Morgan fingerprint density at radius 3 is 2.63 bits per heavy atom. The van der Waals surface area contributed by atoms with Crippen molar-refractivity contribution in [1.82, 2.24) is 14.6 Å². The summed E-state index contributed by atoms with van der Waals surface area (Å²) in [5.41, 5.74) is 1.34. The smallest absolute Gasteiger partial charge is 0.213 e. The molecule has 162 valence electrons. The fraction of sp³-hybridized carbons (Fsp3) is 0.545. The molecule has 8 heteroatoms. The van der Waals surface area contributed by atoms with Crippen LogP contribution in [0.15, 0.2) is 23.1 Å². The first kappa shape index (κ1) is 21.6. The summed E-state index contributed by atoms with van der Waals surface area (Å²) in [6.45, 7) is 7.39. The van der Waals surface area contributed by atoms with E-state index in [4.69, 9.17) is 4.74 Å². The van der Waals surface area contributed by atoms with Crippen molar-refractivity contribution in [2.75, 3.05) is 7.11 Å². The van der Waals surface area contributed by atoms with Gasteiger partial charge in [-0.2, -0.15) is 5.10 Å². The van der Waals surface area contributed by atoms with Crippen LogP contribution < -0.4 is 4.74 Å². The Hall–Kier alpha value is -1.61. The zero-order valence-corrected chi connectivity index (χ0v) is 19.7. The number of benzene rings is 1. The minimum Gasteiger partial charge on any atom is -0.496 e. The van der Waals surface area contributed by atoms with Gasteiger partial charge in [0.15, 0.2) is 0 Å². The number of rotatable bonds is 5. The predicted molar refractivity (Wildman–Crippen MR) is 122 cm³/mol. The number of aliphatic hydroxyl groups is 2. The zero-order chi connectivity index (χ0) is 21.7. The van der Waals surface area contributed by atoms with Crippen molar-refractivity contribution in [1.29, 1.82) is 0 Å². The third-order valence-electron chi connectivity index (χ3n) is 5.64. The van der Waals surface area contributed by atoms with Crippen LogP contribution in [0, 0.1) is 6.92 Å². The summed E-state index contributed by atoms with van der Waals surface area (Å²) in [6, 6.07) is 6.18. The van der Waals surface area contributed by atoms with Crippen LogP contribution in [0.1, 0.15) is 57.2 Å². The van der Waals surface area contributed by atoms with Crippen molar-refractivity contribution in [3.05, 3.63) is 28.9 Å². The van der Waals surface area contributed by atoms with Gasteiger partial charge < -0.3 is 14.9 Å². The lowest BCUT2D eigenvalue weighted by atomic mass is 9.86. The molecule has 1 fully saturated rings. The molecular formula is C22H29N3O3S2. The molecule has 0 bridgehead atoms. The minimum absolute atomic E-state index is 0.460. The molecule has 0 spiro atoms. The van der Waals surface area contributed by atoms with Crippen molar-refractivity contribution >= 4 is 28.1 Å². The Morgan fingerprint density at radius 1 is 1.30 bits per heavy atom. The molecule has 3 aromatic rings. The monoisotopic (exact) mass is 447 g/mol. The summed E-state index contributed by atoms with van der Waals surface area (Å²) in [5.74, 6) is 0.856. The molecule has 0 radical (unpaired) electrons. The topological polar surface area (TPSA) is 79.9 Å². The number of nitrogens with zero attached hydrogens (tertiary/aromatic N) is 3. The summed E-state index contributed by atoms with van der Waals surface area (Å²) in [6.07, 6.45) is 3.63. The van der Waals surface area contributed by atoms with Gasteiger partial charge in [-0.1, -0.05) is 11.3 Å². The highest BCUT2D eigenvalue weighted by atomic mass is 32.2. The minimum atomic E-state index is -1.00. The summed E-state index contributed by atoms with van der Waals surface area (Å²) >= 11 is 3.24. The summed E-state index contributed by atoms with van der Waals surface area (Å²) in [4.78, 5) is 6.54. The van der Waals surface area contributed by atoms with E-state index in [9.17, 15) is 10.2 Å². The normalized spacial score (nSPS) is 22.6. The maximum Gasteiger partial charge on any atom is 0.213 e. The SMILES string of the molecule is COc1ccc(-c2c(C)nc3sc(C(C)(C)O)nn23)cc1S[C@H]1CC[C@](C)(O)CC1. The van der Waals surface area contributed by atoms with E-state index in [2.05, 4.69) is 16.1 Å². The van der Waals surface area contributed by atoms with E-state index in [-0.39, 0.29) is 0 Å². The van der Waals surface area contributed by atoms with Gasteiger partial charge in [-0.15, -0.1) is 11.8 Å². The van der Waals surface area contributed by atoms with Gasteiger partial charge in [-0.3, -0.25) is 0 Å². The number of thioether (sulfide) groups is 1. The number of aromatic nitrogens is 3. The number of aryl methyl sites for hydroxylation is 1. The van der Waals surface area contributed by atoms with E-state index in [0.717, 1.165) is 58.2 Å². The standard InChI is InChI=1S/C22H29N3O3S2/c1-13-18(25-20(23-13)30-19(24-25)21(2,3)26)14-6-7-16(28-5)17(12-14)29-15-8-10-22(4,27)11-9-15/h6-7,12,15,26-27H,8-11H2,1-5H3/t15-,22-. The number of ether oxygens (including phenoxy) is 1. The molecule has 2 heterocycles. The number of hydrogen-bond acceptors (Lipinski definition) is 7. The molecule has 0 saturated heterocycles. The van der Waals surface area contributed by atoms with Crippen LogP contribution in [0.2, 0.25) is 0 Å². The van der Waals surface area contributed by atoms with Crippen LogP contribution >= 0.6 is 23.1 Å². The van der Waals surface area contributed by atoms with E-state index in [0.29, 0.717) is 10.3 Å². The average molecular weight is 448 g/mol. The van der Waals surface area contributed by atoms with Gasteiger partial charge in [0.1, 0.15) is 16.4 Å². The molecule has 0 amide bonds. The summed E-state index contributed by atoms with van der Waals surface area (Å²) in [7, 11) is 1.70. The first-order valence-corrected chi connectivity index (χ1v) is 11.9. The zero-order valence-electron chi connectivity index (χ0n) is 18.1. The van der Waals surface area contributed by atoms with E-state index in [1.807, 2.05) is 42.3 Å². The highest BCUT2D eigenvalue weighted by Gasteiger charge is 2.30. The fourth-order valence-electron chi connectivity index (χ4n) is 3.85. The first-order valence-electron chi connectivity index (χ1n) is 10.2. The third-order valence-corrected chi connectivity index (χ3v) is 8.24. The molecule has 0 atom stereocenters. The third kappa shape index (κ3) is 4.23. The number of hydrogen-bond donors (Lipinski definition) is 2. The maximum absolute atomic E-state index is 10.3. The average Bonchev–Trinajstić information content (AvgIpc) is 3.20. The molecule has 1 saturated carbocycles. The molecule has 1 aromatic carbocycles. The second-order valence-electron chi connectivity index (χ2n) is 8.89.